The van der Waals surface area contributed by atoms with Gasteiger partial charge in [-0.3, -0.25) is 4.79 Å². The molecule has 128 valence electrons. The van der Waals surface area contributed by atoms with Gasteiger partial charge in [-0.05, 0) is 76.0 Å². The van der Waals surface area contributed by atoms with Gasteiger partial charge in [0.2, 0.25) is 0 Å². The zero-order valence-corrected chi connectivity index (χ0v) is 14.5. The van der Waals surface area contributed by atoms with Gasteiger partial charge >= 0.3 is 5.97 Å². The highest BCUT2D eigenvalue weighted by Crippen LogP contribution is 2.33. The van der Waals surface area contributed by atoms with E-state index >= 15 is 0 Å². The van der Waals surface area contributed by atoms with Crippen LogP contribution in [0.5, 0.6) is 0 Å². The van der Waals surface area contributed by atoms with Crippen molar-refractivity contribution >= 4 is 5.97 Å². The summed E-state index contributed by atoms with van der Waals surface area (Å²) in [6.45, 7) is 2.25. The number of rotatable bonds is 6. The van der Waals surface area contributed by atoms with Gasteiger partial charge in [0.25, 0.3) is 0 Å². The van der Waals surface area contributed by atoms with Crippen LogP contribution in [0, 0.1) is 29.1 Å². The van der Waals surface area contributed by atoms with Gasteiger partial charge in [0.05, 0.1) is 12.0 Å². The normalized spacial score (nSPS) is 31.7. The van der Waals surface area contributed by atoms with E-state index in [0.29, 0.717) is 0 Å². The fourth-order valence-corrected chi connectivity index (χ4v) is 4.07. The number of esters is 1. The van der Waals surface area contributed by atoms with Crippen LogP contribution in [0.1, 0.15) is 77.6 Å². The van der Waals surface area contributed by atoms with Crippen LogP contribution in [0.4, 0.5) is 0 Å². The van der Waals surface area contributed by atoms with E-state index in [-0.39, 0.29) is 18.0 Å². The Hall–Kier alpha value is -1.30. The minimum atomic E-state index is 0.0694. The smallest absolute Gasteiger partial charge is 0.309 e. The third-order valence-electron chi connectivity index (χ3n) is 5.77. The molecule has 3 nitrogen and oxygen atoms in total. The first kappa shape index (κ1) is 18.0. The van der Waals surface area contributed by atoms with Gasteiger partial charge in [0, 0.05) is 6.08 Å². The Balaban J connectivity index is 1.63. The molecule has 0 amide bonds. The van der Waals surface area contributed by atoms with Crippen molar-refractivity contribution in [1.29, 1.82) is 5.26 Å². The number of allylic oxidation sites excluding steroid dienone is 2. The highest BCUT2D eigenvalue weighted by molar-refractivity contribution is 5.72. The van der Waals surface area contributed by atoms with Crippen molar-refractivity contribution in [2.45, 2.75) is 83.7 Å². The van der Waals surface area contributed by atoms with Gasteiger partial charge in [-0.2, -0.15) is 5.26 Å². The van der Waals surface area contributed by atoms with Gasteiger partial charge in [-0.25, -0.2) is 0 Å². The molecule has 0 saturated heterocycles. The summed E-state index contributed by atoms with van der Waals surface area (Å²) in [4.78, 5) is 12.3. The summed E-state index contributed by atoms with van der Waals surface area (Å²) in [5.41, 5.74) is 0. The van der Waals surface area contributed by atoms with E-state index in [1.165, 1.54) is 19.3 Å². The Morgan fingerprint density at radius 3 is 2.35 bits per heavy atom. The lowest BCUT2D eigenvalue weighted by molar-refractivity contribution is -0.157. The van der Waals surface area contributed by atoms with E-state index in [1.54, 1.807) is 6.08 Å². The largest absolute Gasteiger partial charge is 0.462 e. The number of carbonyl (C=O) groups excluding carboxylic acids is 1. The average Bonchev–Trinajstić information content (AvgIpc) is 2.60. The Bertz CT molecular complexity index is 421. The third kappa shape index (κ3) is 6.01. The summed E-state index contributed by atoms with van der Waals surface area (Å²) < 4.78 is 5.80. The molecule has 23 heavy (non-hydrogen) atoms. The maximum absolute atomic E-state index is 12.3. The molecular weight excluding hydrogens is 286 g/mol. The number of ether oxygens (including phenoxy) is 1. The van der Waals surface area contributed by atoms with Gasteiger partial charge in [-0.1, -0.05) is 19.4 Å². The predicted octanol–water partition coefficient (Wildman–Crippen LogP) is 5.16. The van der Waals surface area contributed by atoms with E-state index in [4.69, 9.17) is 10.00 Å². The van der Waals surface area contributed by atoms with Gasteiger partial charge in [0.1, 0.15) is 6.10 Å². The second kappa shape index (κ2) is 9.75. The van der Waals surface area contributed by atoms with Crippen molar-refractivity contribution in [1.82, 2.24) is 0 Å². The van der Waals surface area contributed by atoms with Crippen LogP contribution in [-0.4, -0.2) is 12.1 Å². The van der Waals surface area contributed by atoms with Crippen LogP contribution in [-0.2, 0) is 9.53 Å². The second-order valence-electron chi connectivity index (χ2n) is 7.31. The Labute approximate surface area is 141 Å². The minimum Gasteiger partial charge on any atom is -0.462 e. The van der Waals surface area contributed by atoms with E-state index in [0.717, 1.165) is 63.2 Å². The van der Waals surface area contributed by atoms with Gasteiger partial charge < -0.3 is 4.74 Å². The zero-order chi connectivity index (χ0) is 16.5. The van der Waals surface area contributed by atoms with Crippen LogP contribution in [0.2, 0.25) is 0 Å². The quantitative estimate of drug-likeness (QED) is 0.502. The monoisotopic (exact) mass is 317 g/mol. The fraction of sp³-hybridized carbons (Fsp3) is 0.800. The molecule has 2 saturated carbocycles. The summed E-state index contributed by atoms with van der Waals surface area (Å²) in [6.07, 6.45) is 15.8. The lowest BCUT2D eigenvalue weighted by Gasteiger charge is -2.31. The molecule has 2 aliphatic carbocycles. The lowest BCUT2D eigenvalue weighted by Crippen LogP contribution is -2.30. The van der Waals surface area contributed by atoms with Crippen molar-refractivity contribution in [2.24, 2.45) is 17.8 Å². The van der Waals surface area contributed by atoms with E-state index in [2.05, 4.69) is 6.92 Å². The number of nitriles is 1. The van der Waals surface area contributed by atoms with Gasteiger partial charge in [0.15, 0.2) is 0 Å². The molecule has 0 radical (unpaired) electrons. The SMILES string of the molecule is CCC1CCC(C(=O)OC2CCC(CC/C=C/C#N)CC2)CC1. The van der Waals surface area contributed by atoms with E-state index in [9.17, 15) is 4.79 Å². The molecule has 2 fully saturated rings. The molecule has 0 atom stereocenters. The molecule has 0 aromatic rings. The fourth-order valence-electron chi connectivity index (χ4n) is 4.07. The second-order valence-corrected chi connectivity index (χ2v) is 7.31. The van der Waals surface area contributed by atoms with Crippen molar-refractivity contribution in [3.05, 3.63) is 12.2 Å². The highest BCUT2D eigenvalue weighted by Gasteiger charge is 2.30. The molecule has 2 rings (SSSR count). The Morgan fingerprint density at radius 2 is 1.74 bits per heavy atom. The molecule has 0 aromatic carbocycles. The van der Waals surface area contributed by atoms with Crippen molar-refractivity contribution in [2.75, 3.05) is 0 Å². The standard InChI is InChI=1S/C20H31NO2/c1-2-16-7-11-18(12-8-16)20(22)23-19-13-9-17(10-14-19)6-4-3-5-15-21/h3,5,16-19H,2,4,6-14H2,1H3/b5-3+. The van der Waals surface area contributed by atoms with Crippen LogP contribution in [0.15, 0.2) is 12.2 Å². The molecule has 2 aliphatic rings. The number of hydrogen-bond donors (Lipinski definition) is 0. The summed E-state index contributed by atoms with van der Waals surface area (Å²) in [6, 6.07) is 2.03. The van der Waals surface area contributed by atoms with Crippen LogP contribution in [0.3, 0.4) is 0 Å². The molecule has 0 aromatic heterocycles. The first-order valence-corrected chi connectivity index (χ1v) is 9.48. The number of carbonyl (C=O) groups is 1. The molecule has 0 aliphatic heterocycles. The minimum absolute atomic E-state index is 0.0694. The summed E-state index contributed by atoms with van der Waals surface area (Å²) in [7, 11) is 0. The van der Waals surface area contributed by atoms with Crippen LogP contribution < -0.4 is 0 Å². The van der Waals surface area contributed by atoms with Crippen LogP contribution >= 0.6 is 0 Å². The van der Waals surface area contributed by atoms with Crippen molar-refractivity contribution in [3.8, 4) is 6.07 Å². The molecule has 0 spiro atoms. The summed E-state index contributed by atoms with van der Waals surface area (Å²) in [5.74, 6) is 1.78. The summed E-state index contributed by atoms with van der Waals surface area (Å²) in [5, 5.41) is 8.47. The van der Waals surface area contributed by atoms with Crippen molar-refractivity contribution < 1.29 is 9.53 Å². The average molecular weight is 317 g/mol. The molecule has 0 heterocycles. The first-order valence-electron chi connectivity index (χ1n) is 9.48. The van der Waals surface area contributed by atoms with Gasteiger partial charge in [-0.15, -0.1) is 0 Å². The highest BCUT2D eigenvalue weighted by atomic mass is 16.5. The first-order chi connectivity index (χ1) is 11.2. The molecular formula is C20H31NO2. The Kier molecular flexibility index (Phi) is 7.65. The molecule has 0 N–H and O–H groups in total. The number of hydrogen-bond acceptors (Lipinski definition) is 3. The molecule has 0 unspecified atom stereocenters. The molecule has 3 heteroatoms. The van der Waals surface area contributed by atoms with E-state index < -0.39 is 0 Å². The van der Waals surface area contributed by atoms with Crippen molar-refractivity contribution in [3.63, 3.8) is 0 Å². The Morgan fingerprint density at radius 1 is 1.09 bits per heavy atom. The summed E-state index contributed by atoms with van der Waals surface area (Å²) >= 11 is 0. The maximum atomic E-state index is 12.3. The predicted molar refractivity (Wildman–Crippen MR) is 91.6 cm³/mol. The maximum Gasteiger partial charge on any atom is 0.309 e. The van der Waals surface area contributed by atoms with Crippen LogP contribution in [0.25, 0.3) is 0 Å². The lowest BCUT2D eigenvalue weighted by atomic mass is 9.80. The topological polar surface area (TPSA) is 50.1 Å². The third-order valence-corrected chi connectivity index (χ3v) is 5.77. The van der Waals surface area contributed by atoms with E-state index in [1.807, 2.05) is 12.1 Å². The zero-order valence-electron chi connectivity index (χ0n) is 14.5. The molecule has 0 bridgehead atoms. The number of nitrogens with zero attached hydrogens (tertiary/aromatic N) is 1.